The summed E-state index contributed by atoms with van der Waals surface area (Å²) in [7, 11) is 2.24. The van der Waals surface area contributed by atoms with Crippen LogP contribution in [0.25, 0.3) is 5.57 Å². The molecule has 2 aromatic rings. The summed E-state index contributed by atoms with van der Waals surface area (Å²) in [5, 5.41) is 0. The third-order valence-corrected chi connectivity index (χ3v) is 7.17. The van der Waals surface area contributed by atoms with Gasteiger partial charge in [-0.1, -0.05) is 53.1 Å². The van der Waals surface area contributed by atoms with Gasteiger partial charge in [0.05, 0.1) is 4.75 Å². The van der Waals surface area contributed by atoms with Crippen molar-refractivity contribution in [2.45, 2.75) is 43.3 Å². The number of piperidine rings is 1. The minimum atomic E-state index is 0.0229. The second-order valence-corrected chi connectivity index (χ2v) is 9.24. The van der Waals surface area contributed by atoms with Crippen LogP contribution < -0.4 is 0 Å². The zero-order valence-corrected chi connectivity index (χ0v) is 16.5. The van der Waals surface area contributed by atoms with E-state index in [0.29, 0.717) is 0 Å². The number of thioether (sulfide) groups is 1. The molecule has 1 saturated heterocycles. The van der Waals surface area contributed by atoms with Gasteiger partial charge in [0.1, 0.15) is 0 Å². The highest BCUT2D eigenvalue weighted by Gasteiger charge is 2.42. The summed E-state index contributed by atoms with van der Waals surface area (Å²) in [6.45, 7) is 9.16. The van der Waals surface area contributed by atoms with Crippen molar-refractivity contribution in [2.24, 2.45) is 0 Å². The monoisotopic (exact) mass is 349 g/mol. The quantitative estimate of drug-likeness (QED) is 0.640. The van der Waals surface area contributed by atoms with Crippen LogP contribution in [0.1, 0.15) is 42.0 Å². The minimum absolute atomic E-state index is 0.0229. The van der Waals surface area contributed by atoms with Crippen molar-refractivity contribution in [3.63, 3.8) is 0 Å². The molecule has 0 bridgehead atoms. The molecular weight excluding hydrogens is 322 g/mol. The van der Waals surface area contributed by atoms with E-state index in [2.05, 4.69) is 75.2 Å². The van der Waals surface area contributed by atoms with Crippen LogP contribution in [0.3, 0.4) is 0 Å². The van der Waals surface area contributed by atoms with Gasteiger partial charge in [0, 0.05) is 18.0 Å². The predicted molar refractivity (Wildman–Crippen MR) is 109 cm³/mol. The molecule has 0 amide bonds. The molecular formula is C23H27NS. The summed E-state index contributed by atoms with van der Waals surface area (Å²) >= 11 is 2.04. The summed E-state index contributed by atoms with van der Waals surface area (Å²) in [5.74, 6) is 0. The van der Waals surface area contributed by atoms with Gasteiger partial charge < -0.3 is 4.90 Å². The lowest BCUT2D eigenvalue weighted by molar-refractivity contribution is 0.312. The van der Waals surface area contributed by atoms with Crippen molar-refractivity contribution in [1.29, 1.82) is 0 Å². The maximum absolute atomic E-state index is 2.45. The molecule has 0 saturated carbocycles. The number of nitrogens with zero attached hydrogens (tertiary/aromatic N) is 1. The Labute approximate surface area is 156 Å². The van der Waals surface area contributed by atoms with Gasteiger partial charge in [-0.3, -0.25) is 0 Å². The molecule has 1 atom stereocenters. The van der Waals surface area contributed by atoms with E-state index in [1.54, 1.807) is 11.1 Å². The molecule has 2 aliphatic rings. The topological polar surface area (TPSA) is 3.24 Å². The zero-order chi connectivity index (χ0) is 17.6. The first-order chi connectivity index (χ1) is 12.0. The first kappa shape index (κ1) is 16.9. The number of hydrogen-bond acceptors (Lipinski definition) is 2. The Kier molecular flexibility index (Phi) is 4.29. The summed E-state index contributed by atoms with van der Waals surface area (Å²) < 4.78 is 0.0229. The van der Waals surface area contributed by atoms with Crippen LogP contribution in [0.4, 0.5) is 0 Å². The Bertz CT molecular complexity index is 824. The highest BCUT2D eigenvalue weighted by Crippen LogP contribution is 2.60. The third kappa shape index (κ3) is 2.96. The lowest BCUT2D eigenvalue weighted by atomic mass is 9.81. The van der Waals surface area contributed by atoms with Gasteiger partial charge in [-0.2, -0.15) is 0 Å². The lowest BCUT2D eigenvalue weighted by Crippen LogP contribution is -2.28. The second-order valence-electron chi connectivity index (χ2n) is 7.78. The highest BCUT2D eigenvalue weighted by atomic mass is 32.2. The SMILES string of the molecule is Cc1ccc(C2(C)Sc3ccc(C)cc3C2=C2CCN(C)CC2)cc1. The number of aryl methyl sites for hydroxylation is 2. The number of hydrogen-bond donors (Lipinski definition) is 0. The maximum atomic E-state index is 2.45. The fourth-order valence-electron chi connectivity index (χ4n) is 4.20. The summed E-state index contributed by atoms with van der Waals surface area (Å²) in [6.07, 6.45) is 2.39. The number of fused-ring (bicyclic) bond motifs is 1. The predicted octanol–water partition coefficient (Wildman–Crippen LogP) is 5.80. The van der Waals surface area contributed by atoms with Gasteiger partial charge in [0.15, 0.2) is 0 Å². The fourth-order valence-corrected chi connectivity index (χ4v) is 5.65. The molecule has 0 spiro atoms. The summed E-state index contributed by atoms with van der Waals surface area (Å²) in [4.78, 5) is 3.89. The first-order valence-corrected chi connectivity index (χ1v) is 10.1. The maximum Gasteiger partial charge on any atom is 0.0681 e. The highest BCUT2D eigenvalue weighted by molar-refractivity contribution is 8.01. The van der Waals surface area contributed by atoms with Crippen LogP contribution in [0, 0.1) is 13.8 Å². The van der Waals surface area contributed by atoms with Crippen LogP contribution in [-0.4, -0.2) is 25.0 Å². The largest absolute Gasteiger partial charge is 0.306 e. The van der Waals surface area contributed by atoms with Crippen molar-refractivity contribution in [3.8, 4) is 0 Å². The Morgan fingerprint density at radius 1 is 0.920 bits per heavy atom. The van der Waals surface area contributed by atoms with E-state index in [9.17, 15) is 0 Å². The van der Waals surface area contributed by atoms with Gasteiger partial charge in [-0.05, 0) is 63.4 Å². The smallest absolute Gasteiger partial charge is 0.0681 e. The van der Waals surface area contributed by atoms with E-state index in [1.807, 2.05) is 11.8 Å². The minimum Gasteiger partial charge on any atom is -0.306 e. The third-order valence-electron chi connectivity index (χ3n) is 5.74. The normalized spacial score (nSPS) is 23.8. The second kappa shape index (κ2) is 6.34. The van der Waals surface area contributed by atoms with E-state index in [1.165, 1.54) is 53.1 Å². The number of rotatable bonds is 1. The van der Waals surface area contributed by atoms with Crippen LogP contribution in [0.2, 0.25) is 0 Å². The average Bonchev–Trinajstić information content (AvgIpc) is 2.89. The molecule has 2 aromatic carbocycles. The zero-order valence-electron chi connectivity index (χ0n) is 15.7. The van der Waals surface area contributed by atoms with Gasteiger partial charge in [-0.25, -0.2) is 0 Å². The van der Waals surface area contributed by atoms with Crippen molar-refractivity contribution < 1.29 is 0 Å². The van der Waals surface area contributed by atoms with E-state index in [0.717, 1.165) is 0 Å². The van der Waals surface area contributed by atoms with E-state index < -0.39 is 0 Å². The number of benzene rings is 2. The van der Waals surface area contributed by atoms with Gasteiger partial charge in [0.25, 0.3) is 0 Å². The Morgan fingerprint density at radius 3 is 2.24 bits per heavy atom. The van der Waals surface area contributed by atoms with Crippen molar-refractivity contribution in [3.05, 3.63) is 70.3 Å². The standard InChI is InChI=1S/C23H27NS/c1-16-5-8-19(9-6-16)23(3)22(18-11-13-24(4)14-12-18)20-15-17(2)7-10-21(20)25-23/h5-10,15H,11-14H2,1-4H3. The Balaban J connectivity index is 1.89. The van der Waals surface area contributed by atoms with Crippen LogP contribution in [-0.2, 0) is 4.75 Å². The molecule has 2 heterocycles. The molecule has 25 heavy (non-hydrogen) atoms. The molecule has 0 aliphatic carbocycles. The van der Waals surface area contributed by atoms with E-state index >= 15 is 0 Å². The van der Waals surface area contributed by atoms with Crippen LogP contribution >= 0.6 is 11.8 Å². The molecule has 130 valence electrons. The van der Waals surface area contributed by atoms with Gasteiger partial charge in [-0.15, -0.1) is 11.8 Å². The molecule has 2 aliphatic heterocycles. The molecule has 0 aromatic heterocycles. The molecule has 4 rings (SSSR count). The summed E-state index contributed by atoms with van der Waals surface area (Å²) in [6, 6.07) is 16.2. The van der Waals surface area contributed by atoms with E-state index in [4.69, 9.17) is 0 Å². The van der Waals surface area contributed by atoms with Crippen molar-refractivity contribution in [1.82, 2.24) is 4.90 Å². The van der Waals surface area contributed by atoms with Crippen LogP contribution in [0.5, 0.6) is 0 Å². The first-order valence-electron chi connectivity index (χ1n) is 9.25. The van der Waals surface area contributed by atoms with Crippen LogP contribution in [0.15, 0.2) is 52.9 Å². The molecule has 0 radical (unpaired) electrons. The van der Waals surface area contributed by atoms with E-state index in [-0.39, 0.29) is 4.75 Å². The van der Waals surface area contributed by atoms with Crippen molar-refractivity contribution in [2.75, 3.05) is 20.1 Å². The fraction of sp³-hybridized carbons (Fsp3) is 0.391. The number of likely N-dealkylation sites (tertiary alicyclic amines) is 1. The average molecular weight is 350 g/mol. The molecule has 1 nitrogen and oxygen atoms in total. The Morgan fingerprint density at radius 2 is 1.56 bits per heavy atom. The molecule has 0 N–H and O–H groups in total. The van der Waals surface area contributed by atoms with Crippen molar-refractivity contribution >= 4 is 17.3 Å². The van der Waals surface area contributed by atoms with Gasteiger partial charge >= 0.3 is 0 Å². The molecule has 1 unspecified atom stereocenters. The molecule has 2 heteroatoms. The molecule has 1 fully saturated rings. The summed E-state index contributed by atoms with van der Waals surface area (Å²) in [5.41, 5.74) is 8.85. The Hall–Kier alpha value is -1.51. The lowest BCUT2D eigenvalue weighted by Gasteiger charge is -2.32. The van der Waals surface area contributed by atoms with Gasteiger partial charge in [0.2, 0.25) is 0 Å².